The molecule has 2 amide bonds. The Morgan fingerprint density at radius 3 is 2.65 bits per heavy atom. The van der Waals surface area contributed by atoms with Gasteiger partial charge in [-0.05, 0) is 5.56 Å². The van der Waals surface area contributed by atoms with Gasteiger partial charge in [0.05, 0.1) is 5.70 Å². The molecule has 1 aliphatic rings. The number of hydrogen-bond acceptors (Lipinski definition) is 3. The van der Waals surface area contributed by atoms with Gasteiger partial charge in [-0.2, -0.15) is 0 Å². The van der Waals surface area contributed by atoms with Crippen molar-refractivity contribution < 1.29 is 14.3 Å². The third kappa shape index (κ3) is 3.05. The number of ether oxygens (including phenoxy) is 1. The fraction of sp³-hybridized carbons (Fsp3) is 0.333. The van der Waals surface area contributed by atoms with E-state index in [1.165, 1.54) is 11.8 Å². The molecule has 1 heterocycles. The molecule has 1 atom stereocenters. The normalized spacial score (nSPS) is 18.5. The van der Waals surface area contributed by atoms with E-state index in [4.69, 9.17) is 4.74 Å². The van der Waals surface area contributed by atoms with E-state index in [-0.39, 0.29) is 11.8 Å². The fourth-order valence-electron chi connectivity index (χ4n) is 2.18. The Labute approximate surface area is 118 Å². The van der Waals surface area contributed by atoms with Crippen molar-refractivity contribution in [3.05, 3.63) is 42.1 Å². The van der Waals surface area contributed by atoms with Crippen LogP contribution in [0.2, 0.25) is 0 Å². The van der Waals surface area contributed by atoms with Crippen LogP contribution in [-0.4, -0.2) is 36.5 Å². The zero-order valence-corrected chi connectivity index (χ0v) is 11.6. The summed E-state index contributed by atoms with van der Waals surface area (Å²) >= 11 is 0. The van der Waals surface area contributed by atoms with Crippen LogP contribution in [0, 0.1) is 0 Å². The lowest BCUT2D eigenvalue weighted by Crippen LogP contribution is -2.50. The summed E-state index contributed by atoms with van der Waals surface area (Å²) in [6.45, 7) is 1.88. The van der Waals surface area contributed by atoms with Gasteiger partial charge in [0.1, 0.15) is 6.04 Å². The molecule has 0 fully saturated rings. The van der Waals surface area contributed by atoms with Crippen LogP contribution in [0.1, 0.15) is 18.9 Å². The molecule has 0 spiro atoms. The Morgan fingerprint density at radius 2 is 2.05 bits per heavy atom. The van der Waals surface area contributed by atoms with Gasteiger partial charge in [-0.3, -0.25) is 9.59 Å². The molecule has 1 aromatic carbocycles. The van der Waals surface area contributed by atoms with Gasteiger partial charge >= 0.3 is 0 Å². The molecule has 1 unspecified atom stereocenters. The number of amides is 2. The first-order chi connectivity index (χ1) is 9.63. The molecule has 1 N–H and O–H groups in total. The Morgan fingerprint density at radius 1 is 1.35 bits per heavy atom. The van der Waals surface area contributed by atoms with Gasteiger partial charge in [0.25, 0.3) is 0 Å². The summed E-state index contributed by atoms with van der Waals surface area (Å²) in [5, 5.41) is 2.85. The van der Waals surface area contributed by atoms with Gasteiger partial charge in [0.2, 0.25) is 11.8 Å². The second-order valence-corrected chi connectivity index (χ2v) is 4.62. The maximum absolute atomic E-state index is 12.2. The third-order valence-corrected chi connectivity index (χ3v) is 3.21. The minimum Gasteiger partial charge on any atom is -0.385 e. The van der Waals surface area contributed by atoms with Crippen LogP contribution < -0.4 is 5.32 Å². The number of carbonyl (C=O) groups excluding carboxylic acids is 2. The maximum atomic E-state index is 12.2. The monoisotopic (exact) mass is 274 g/mol. The number of hydrogen-bond donors (Lipinski definition) is 1. The van der Waals surface area contributed by atoms with Crippen molar-refractivity contribution >= 4 is 17.5 Å². The minimum atomic E-state index is -0.514. The highest BCUT2D eigenvalue weighted by Crippen LogP contribution is 2.20. The van der Waals surface area contributed by atoms with Crippen LogP contribution in [0.15, 0.2) is 36.5 Å². The fourth-order valence-corrected chi connectivity index (χ4v) is 2.18. The van der Waals surface area contributed by atoms with E-state index in [2.05, 4.69) is 5.32 Å². The summed E-state index contributed by atoms with van der Waals surface area (Å²) in [4.78, 5) is 25.4. The van der Waals surface area contributed by atoms with E-state index < -0.39 is 6.04 Å². The van der Waals surface area contributed by atoms with Gasteiger partial charge in [0, 0.05) is 33.3 Å². The molecule has 0 radical (unpaired) electrons. The Kier molecular flexibility index (Phi) is 4.53. The topological polar surface area (TPSA) is 58.6 Å². The first kappa shape index (κ1) is 14.3. The van der Waals surface area contributed by atoms with Crippen molar-refractivity contribution in [1.82, 2.24) is 10.2 Å². The van der Waals surface area contributed by atoms with Crippen LogP contribution in [0.25, 0.3) is 5.70 Å². The zero-order chi connectivity index (χ0) is 14.5. The number of carbonyl (C=O) groups is 2. The number of methoxy groups -OCH3 is 1. The molecule has 5 nitrogen and oxygen atoms in total. The van der Waals surface area contributed by atoms with Crippen LogP contribution in [-0.2, 0) is 14.3 Å². The molecule has 0 aliphatic carbocycles. The third-order valence-electron chi connectivity index (χ3n) is 3.21. The van der Waals surface area contributed by atoms with Crippen molar-refractivity contribution in [2.45, 2.75) is 19.4 Å². The number of benzene rings is 1. The SMILES string of the molecule is COCCC1C(=O)NC(c2ccccc2)=CN1C(C)=O. The highest BCUT2D eigenvalue weighted by molar-refractivity contribution is 5.96. The summed E-state index contributed by atoms with van der Waals surface area (Å²) in [5.74, 6) is -0.340. The molecule has 106 valence electrons. The van der Waals surface area contributed by atoms with Crippen molar-refractivity contribution in [1.29, 1.82) is 0 Å². The molecule has 0 aromatic heterocycles. The maximum Gasteiger partial charge on any atom is 0.247 e. The second kappa shape index (κ2) is 6.34. The number of nitrogens with one attached hydrogen (secondary N) is 1. The molecule has 1 aliphatic heterocycles. The smallest absolute Gasteiger partial charge is 0.247 e. The quantitative estimate of drug-likeness (QED) is 0.902. The average Bonchev–Trinajstić information content (AvgIpc) is 2.46. The average molecular weight is 274 g/mol. The lowest BCUT2D eigenvalue weighted by atomic mass is 10.1. The molecule has 0 saturated carbocycles. The first-order valence-corrected chi connectivity index (χ1v) is 6.49. The largest absolute Gasteiger partial charge is 0.385 e. The Balaban J connectivity index is 2.29. The van der Waals surface area contributed by atoms with Gasteiger partial charge in [-0.15, -0.1) is 0 Å². The molecule has 1 aromatic rings. The van der Waals surface area contributed by atoms with Crippen molar-refractivity contribution in [3.63, 3.8) is 0 Å². The summed E-state index contributed by atoms with van der Waals surface area (Å²) in [6.07, 6.45) is 2.17. The van der Waals surface area contributed by atoms with E-state index >= 15 is 0 Å². The number of nitrogens with zero attached hydrogens (tertiary/aromatic N) is 1. The van der Waals surface area contributed by atoms with Crippen LogP contribution in [0.5, 0.6) is 0 Å². The van der Waals surface area contributed by atoms with Crippen LogP contribution >= 0.6 is 0 Å². The lowest BCUT2D eigenvalue weighted by molar-refractivity contribution is -0.136. The molecular weight excluding hydrogens is 256 g/mol. The van der Waals surface area contributed by atoms with Crippen LogP contribution in [0.4, 0.5) is 0 Å². The van der Waals surface area contributed by atoms with Gasteiger partial charge in [-0.25, -0.2) is 0 Å². The van der Waals surface area contributed by atoms with E-state index in [0.29, 0.717) is 18.7 Å². The number of rotatable bonds is 4. The Bertz CT molecular complexity index is 525. The molecular formula is C15H18N2O3. The lowest BCUT2D eigenvalue weighted by Gasteiger charge is -2.32. The van der Waals surface area contributed by atoms with E-state index in [0.717, 1.165) is 5.56 Å². The molecule has 0 saturated heterocycles. The predicted molar refractivity (Wildman–Crippen MR) is 75.4 cm³/mol. The van der Waals surface area contributed by atoms with Crippen molar-refractivity contribution in [3.8, 4) is 0 Å². The molecule has 20 heavy (non-hydrogen) atoms. The van der Waals surface area contributed by atoms with E-state index in [9.17, 15) is 9.59 Å². The summed E-state index contributed by atoms with van der Waals surface area (Å²) < 4.78 is 4.99. The zero-order valence-electron chi connectivity index (χ0n) is 11.6. The van der Waals surface area contributed by atoms with Crippen molar-refractivity contribution in [2.24, 2.45) is 0 Å². The van der Waals surface area contributed by atoms with E-state index in [1.54, 1.807) is 13.3 Å². The highest BCUT2D eigenvalue weighted by Gasteiger charge is 2.31. The molecule has 5 heteroatoms. The highest BCUT2D eigenvalue weighted by atomic mass is 16.5. The van der Waals surface area contributed by atoms with Crippen LogP contribution in [0.3, 0.4) is 0 Å². The summed E-state index contributed by atoms with van der Waals surface area (Å²) in [7, 11) is 1.57. The standard InChI is InChI=1S/C15H18N2O3/c1-11(18)17-10-13(12-6-4-3-5-7-12)16-15(19)14(17)8-9-20-2/h3-7,10,14H,8-9H2,1-2H3,(H,16,19). The second-order valence-electron chi connectivity index (χ2n) is 4.62. The van der Waals surface area contributed by atoms with Crippen molar-refractivity contribution in [2.75, 3.05) is 13.7 Å². The summed E-state index contributed by atoms with van der Waals surface area (Å²) in [6, 6.07) is 8.94. The predicted octanol–water partition coefficient (Wildman–Crippen LogP) is 1.37. The molecule has 0 bridgehead atoms. The molecule has 2 rings (SSSR count). The minimum absolute atomic E-state index is 0.158. The van der Waals surface area contributed by atoms with Gasteiger partial charge in [0.15, 0.2) is 0 Å². The first-order valence-electron chi connectivity index (χ1n) is 6.49. The summed E-state index contributed by atoms with van der Waals surface area (Å²) in [5.41, 5.74) is 1.51. The Hall–Kier alpha value is -2.14. The van der Waals surface area contributed by atoms with Gasteiger partial charge in [-0.1, -0.05) is 30.3 Å². The van der Waals surface area contributed by atoms with Gasteiger partial charge < -0.3 is 15.0 Å². The van der Waals surface area contributed by atoms with E-state index in [1.807, 2.05) is 30.3 Å².